The third kappa shape index (κ3) is 2.88. The van der Waals surface area contributed by atoms with Crippen molar-refractivity contribution in [2.75, 3.05) is 6.54 Å². The van der Waals surface area contributed by atoms with Crippen molar-refractivity contribution in [1.29, 1.82) is 0 Å². The zero-order chi connectivity index (χ0) is 17.3. The Bertz CT molecular complexity index is 657. The standard InChI is InChI=1S/C18H23N3O3/c1-3-18(14-7-5-4-6-8-14)16(23)21(17(24)20-18)11-15(22)19-12(2)13-9-10-13/h4-8,12-13H,3,9-11H2,1-2H3,(H,19,22)(H,20,24). The van der Waals surface area contributed by atoms with E-state index < -0.39 is 11.6 Å². The lowest BCUT2D eigenvalue weighted by molar-refractivity contribution is -0.135. The Balaban J connectivity index is 1.74. The second-order valence-corrected chi connectivity index (χ2v) is 6.64. The van der Waals surface area contributed by atoms with Crippen molar-refractivity contribution < 1.29 is 14.4 Å². The topological polar surface area (TPSA) is 78.5 Å². The van der Waals surface area contributed by atoms with Crippen molar-refractivity contribution in [1.82, 2.24) is 15.5 Å². The average Bonchev–Trinajstić information content (AvgIpc) is 3.39. The predicted octanol–water partition coefficient (Wildman–Crippen LogP) is 1.76. The molecule has 2 unspecified atom stereocenters. The largest absolute Gasteiger partial charge is 0.352 e. The Hall–Kier alpha value is -2.37. The van der Waals surface area contributed by atoms with Gasteiger partial charge in [-0.3, -0.25) is 14.5 Å². The van der Waals surface area contributed by atoms with Crippen molar-refractivity contribution in [3.63, 3.8) is 0 Å². The molecule has 1 saturated heterocycles. The zero-order valence-electron chi connectivity index (χ0n) is 14.0. The van der Waals surface area contributed by atoms with Crippen LogP contribution in [0.2, 0.25) is 0 Å². The van der Waals surface area contributed by atoms with Crippen LogP contribution in [0.4, 0.5) is 4.79 Å². The van der Waals surface area contributed by atoms with E-state index >= 15 is 0 Å². The molecule has 2 atom stereocenters. The lowest BCUT2D eigenvalue weighted by Gasteiger charge is -2.25. The highest BCUT2D eigenvalue weighted by molar-refractivity contribution is 6.09. The number of benzene rings is 1. The molecule has 0 radical (unpaired) electrons. The predicted molar refractivity (Wildman–Crippen MR) is 89.0 cm³/mol. The molecule has 128 valence electrons. The smallest absolute Gasteiger partial charge is 0.325 e. The van der Waals surface area contributed by atoms with Gasteiger partial charge in [0.2, 0.25) is 5.91 Å². The van der Waals surface area contributed by atoms with Gasteiger partial charge < -0.3 is 10.6 Å². The van der Waals surface area contributed by atoms with Crippen LogP contribution in [0.5, 0.6) is 0 Å². The Kier molecular flexibility index (Phi) is 4.30. The molecule has 1 saturated carbocycles. The van der Waals surface area contributed by atoms with Crippen LogP contribution in [-0.2, 0) is 15.1 Å². The Morgan fingerprint density at radius 1 is 1.33 bits per heavy atom. The molecule has 0 bridgehead atoms. The molecular formula is C18H23N3O3. The number of nitrogens with one attached hydrogen (secondary N) is 2. The van der Waals surface area contributed by atoms with Crippen LogP contribution in [0, 0.1) is 5.92 Å². The van der Waals surface area contributed by atoms with E-state index in [-0.39, 0.29) is 24.4 Å². The van der Waals surface area contributed by atoms with E-state index in [1.54, 1.807) is 0 Å². The zero-order valence-corrected chi connectivity index (χ0v) is 14.0. The summed E-state index contributed by atoms with van der Waals surface area (Å²) in [5, 5.41) is 5.67. The summed E-state index contributed by atoms with van der Waals surface area (Å²) >= 11 is 0. The summed E-state index contributed by atoms with van der Waals surface area (Å²) in [5.41, 5.74) is -0.346. The summed E-state index contributed by atoms with van der Waals surface area (Å²) in [5.74, 6) is -0.135. The summed E-state index contributed by atoms with van der Waals surface area (Å²) in [4.78, 5) is 38.4. The third-order valence-electron chi connectivity index (χ3n) is 4.99. The minimum atomic E-state index is -1.08. The maximum Gasteiger partial charge on any atom is 0.325 e. The van der Waals surface area contributed by atoms with Crippen LogP contribution < -0.4 is 10.6 Å². The molecule has 1 aromatic rings. The number of urea groups is 1. The summed E-state index contributed by atoms with van der Waals surface area (Å²) in [6.07, 6.45) is 2.67. The highest BCUT2D eigenvalue weighted by Crippen LogP contribution is 2.33. The fourth-order valence-electron chi connectivity index (χ4n) is 3.29. The maximum absolute atomic E-state index is 12.9. The van der Waals surface area contributed by atoms with Crippen LogP contribution in [0.25, 0.3) is 0 Å². The van der Waals surface area contributed by atoms with Crippen LogP contribution in [0.1, 0.15) is 38.7 Å². The second kappa shape index (κ2) is 6.26. The first-order valence-electron chi connectivity index (χ1n) is 8.47. The first-order chi connectivity index (χ1) is 11.5. The lowest BCUT2D eigenvalue weighted by atomic mass is 9.87. The molecule has 1 aromatic carbocycles. The first-order valence-corrected chi connectivity index (χ1v) is 8.47. The van der Waals surface area contributed by atoms with E-state index in [4.69, 9.17) is 0 Å². The molecule has 24 heavy (non-hydrogen) atoms. The molecule has 6 heteroatoms. The molecule has 2 aliphatic rings. The fourth-order valence-corrected chi connectivity index (χ4v) is 3.29. The van der Waals surface area contributed by atoms with E-state index in [9.17, 15) is 14.4 Å². The number of carbonyl (C=O) groups excluding carboxylic acids is 3. The average molecular weight is 329 g/mol. The Morgan fingerprint density at radius 2 is 2.00 bits per heavy atom. The molecule has 1 aliphatic carbocycles. The second-order valence-electron chi connectivity index (χ2n) is 6.64. The van der Waals surface area contributed by atoms with Gasteiger partial charge in [0, 0.05) is 6.04 Å². The molecule has 2 N–H and O–H groups in total. The summed E-state index contributed by atoms with van der Waals surface area (Å²) in [7, 11) is 0. The van der Waals surface area contributed by atoms with Crippen LogP contribution in [-0.4, -0.2) is 35.3 Å². The summed E-state index contributed by atoms with van der Waals surface area (Å²) < 4.78 is 0. The quantitative estimate of drug-likeness (QED) is 0.781. The molecular weight excluding hydrogens is 306 g/mol. The minimum absolute atomic E-state index is 0.0864. The molecule has 0 spiro atoms. The number of nitrogens with zero attached hydrogens (tertiary/aromatic N) is 1. The molecule has 0 aromatic heterocycles. The monoisotopic (exact) mass is 329 g/mol. The van der Waals surface area contributed by atoms with Gasteiger partial charge in [-0.1, -0.05) is 37.3 Å². The summed E-state index contributed by atoms with van der Waals surface area (Å²) in [6, 6.07) is 8.74. The molecule has 2 fully saturated rings. The van der Waals surface area contributed by atoms with Gasteiger partial charge in [-0.25, -0.2) is 4.79 Å². The van der Waals surface area contributed by atoms with Crippen molar-refractivity contribution in [2.24, 2.45) is 5.92 Å². The van der Waals surface area contributed by atoms with Gasteiger partial charge in [0.1, 0.15) is 12.1 Å². The van der Waals surface area contributed by atoms with Crippen LogP contribution in [0.3, 0.4) is 0 Å². The molecule has 4 amide bonds. The Labute approximate surface area is 141 Å². The number of amides is 4. The maximum atomic E-state index is 12.9. The van der Waals surface area contributed by atoms with Gasteiger partial charge in [0.15, 0.2) is 0 Å². The van der Waals surface area contributed by atoms with Crippen LogP contribution >= 0.6 is 0 Å². The normalized spacial score (nSPS) is 24.7. The number of rotatable bonds is 6. The molecule has 6 nitrogen and oxygen atoms in total. The number of imide groups is 1. The molecule has 3 rings (SSSR count). The van der Waals surface area contributed by atoms with E-state index in [0.717, 1.165) is 23.3 Å². The SMILES string of the molecule is CCC1(c2ccccc2)NC(=O)N(CC(=O)NC(C)C2CC2)C1=O. The van der Waals surface area contributed by atoms with Crippen LogP contribution in [0.15, 0.2) is 30.3 Å². The van der Waals surface area contributed by atoms with E-state index in [1.165, 1.54) is 0 Å². The Morgan fingerprint density at radius 3 is 2.58 bits per heavy atom. The van der Waals surface area contributed by atoms with Gasteiger partial charge in [-0.05, 0) is 37.7 Å². The highest BCUT2D eigenvalue weighted by atomic mass is 16.2. The van der Waals surface area contributed by atoms with Gasteiger partial charge in [-0.15, -0.1) is 0 Å². The molecule has 1 aliphatic heterocycles. The summed E-state index contributed by atoms with van der Waals surface area (Å²) in [6.45, 7) is 3.57. The van der Waals surface area contributed by atoms with E-state index in [2.05, 4.69) is 10.6 Å². The van der Waals surface area contributed by atoms with Crippen molar-refractivity contribution in [2.45, 2.75) is 44.7 Å². The minimum Gasteiger partial charge on any atom is -0.352 e. The third-order valence-corrected chi connectivity index (χ3v) is 4.99. The van der Waals surface area contributed by atoms with Crippen molar-refractivity contribution in [3.8, 4) is 0 Å². The van der Waals surface area contributed by atoms with E-state index in [1.807, 2.05) is 44.2 Å². The van der Waals surface area contributed by atoms with Gasteiger partial charge >= 0.3 is 6.03 Å². The van der Waals surface area contributed by atoms with Crippen molar-refractivity contribution >= 4 is 17.8 Å². The fraction of sp³-hybridized carbons (Fsp3) is 0.500. The van der Waals surface area contributed by atoms with Gasteiger partial charge in [0.05, 0.1) is 0 Å². The lowest BCUT2D eigenvalue weighted by Crippen LogP contribution is -2.46. The van der Waals surface area contributed by atoms with Gasteiger partial charge in [-0.2, -0.15) is 0 Å². The molecule has 1 heterocycles. The highest BCUT2D eigenvalue weighted by Gasteiger charge is 2.51. The first kappa shape index (κ1) is 16.5. The number of hydrogen-bond acceptors (Lipinski definition) is 3. The van der Waals surface area contributed by atoms with E-state index in [0.29, 0.717) is 12.3 Å². The number of carbonyl (C=O) groups is 3. The van der Waals surface area contributed by atoms with Crippen molar-refractivity contribution in [3.05, 3.63) is 35.9 Å². The van der Waals surface area contributed by atoms with Gasteiger partial charge in [0.25, 0.3) is 5.91 Å². The number of hydrogen-bond donors (Lipinski definition) is 2.